The highest BCUT2D eigenvalue weighted by Gasteiger charge is 1.93. The first kappa shape index (κ1) is 18.5. The Balaban J connectivity index is 0. The number of rotatable bonds is 3. The van der Waals surface area contributed by atoms with Crippen LogP contribution in [0.15, 0.2) is 30.3 Å². The zero-order chi connectivity index (χ0) is 13.7. The van der Waals surface area contributed by atoms with Gasteiger partial charge in [-0.1, -0.05) is 65.0 Å². The molecule has 0 N–H and O–H groups in total. The maximum absolute atomic E-state index is 2.20. The van der Waals surface area contributed by atoms with Gasteiger partial charge in [0.25, 0.3) is 0 Å². The first-order valence-electron chi connectivity index (χ1n) is 6.77. The summed E-state index contributed by atoms with van der Waals surface area (Å²) in [7, 11) is 4.17. The second kappa shape index (κ2) is 13.2. The molecule has 0 aliphatic heterocycles. The lowest BCUT2D eigenvalue weighted by Gasteiger charge is -2.03. The van der Waals surface area contributed by atoms with E-state index in [0.717, 1.165) is 0 Å². The summed E-state index contributed by atoms with van der Waals surface area (Å²) in [6.07, 6.45) is 1.26. The van der Waals surface area contributed by atoms with E-state index in [1.165, 1.54) is 18.5 Å². The highest BCUT2D eigenvalue weighted by Crippen LogP contribution is 2.11. The van der Waals surface area contributed by atoms with Crippen LogP contribution in [0.3, 0.4) is 0 Å². The number of hydrogen-bond acceptors (Lipinski definition) is 1. The molecule has 0 spiro atoms. The summed E-state index contributed by atoms with van der Waals surface area (Å²) in [5, 5.41) is 0. The molecule has 17 heavy (non-hydrogen) atoms. The van der Waals surface area contributed by atoms with Crippen LogP contribution in [0.25, 0.3) is 0 Å². The smallest absolute Gasteiger partial charge is 0.00275 e. The summed E-state index contributed by atoms with van der Waals surface area (Å²) in [5.41, 5.74) is 1.41. The quantitative estimate of drug-likeness (QED) is 0.730. The van der Waals surface area contributed by atoms with E-state index in [1.807, 2.05) is 19.9 Å². The van der Waals surface area contributed by atoms with E-state index in [0.29, 0.717) is 5.92 Å². The van der Waals surface area contributed by atoms with E-state index < -0.39 is 0 Å². The van der Waals surface area contributed by atoms with Crippen molar-refractivity contribution < 1.29 is 0 Å². The van der Waals surface area contributed by atoms with Crippen LogP contribution in [0.1, 0.15) is 52.5 Å². The molecular weight excluding hydrogens is 206 g/mol. The molecule has 0 radical (unpaired) electrons. The number of nitrogens with zero attached hydrogens (tertiary/aromatic N) is 1. The molecule has 0 aliphatic rings. The van der Waals surface area contributed by atoms with Gasteiger partial charge in [-0.25, -0.2) is 0 Å². The van der Waals surface area contributed by atoms with Crippen molar-refractivity contribution in [1.82, 2.24) is 4.90 Å². The Morgan fingerprint density at radius 3 is 1.65 bits per heavy atom. The highest BCUT2D eigenvalue weighted by molar-refractivity contribution is 5.17. The Morgan fingerprint density at radius 1 is 1.00 bits per heavy atom. The van der Waals surface area contributed by atoms with Crippen LogP contribution in [-0.4, -0.2) is 25.5 Å². The SMILES string of the molecule is CC.CC(C)c1ccccc1.CCCN(C)C. The zero-order valence-corrected chi connectivity index (χ0v) is 12.8. The molecule has 0 atom stereocenters. The molecule has 0 bridgehead atoms. The average Bonchev–Trinajstić information content (AvgIpc) is 2.33. The second-order valence-corrected chi connectivity index (χ2v) is 4.37. The molecule has 0 heterocycles. The van der Waals surface area contributed by atoms with Gasteiger partial charge in [0, 0.05) is 0 Å². The largest absolute Gasteiger partial charge is 0.309 e. The van der Waals surface area contributed by atoms with E-state index in [9.17, 15) is 0 Å². The molecule has 1 rings (SSSR count). The fraction of sp³-hybridized carbons (Fsp3) is 0.625. The highest BCUT2D eigenvalue weighted by atomic mass is 15.0. The minimum absolute atomic E-state index is 0.659. The molecule has 1 nitrogen and oxygen atoms in total. The van der Waals surface area contributed by atoms with E-state index in [4.69, 9.17) is 0 Å². The standard InChI is InChI=1S/C9H12.C5H13N.C2H6/c1-8(2)9-6-4-3-5-7-9;1-4-5-6(2)3;1-2/h3-8H,1-2H3;4-5H2,1-3H3;1-2H3. The lowest BCUT2D eigenvalue weighted by molar-refractivity contribution is 0.408. The molecule has 0 saturated heterocycles. The van der Waals surface area contributed by atoms with Crippen LogP contribution >= 0.6 is 0 Å². The fourth-order valence-electron chi connectivity index (χ4n) is 1.29. The van der Waals surface area contributed by atoms with Gasteiger partial charge in [0.1, 0.15) is 0 Å². The molecule has 0 saturated carbocycles. The van der Waals surface area contributed by atoms with Crippen molar-refractivity contribution in [3.8, 4) is 0 Å². The minimum atomic E-state index is 0.659. The van der Waals surface area contributed by atoms with Crippen molar-refractivity contribution in [3.05, 3.63) is 35.9 Å². The fourth-order valence-corrected chi connectivity index (χ4v) is 1.29. The Bertz CT molecular complexity index is 227. The third-order valence-electron chi connectivity index (χ3n) is 2.14. The Labute approximate surface area is 109 Å². The molecule has 100 valence electrons. The molecule has 0 fully saturated rings. The van der Waals surface area contributed by atoms with Gasteiger partial charge in [-0.15, -0.1) is 0 Å². The molecule has 1 heteroatoms. The predicted octanol–water partition coefficient (Wildman–Crippen LogP) is 4.79. The van der Waals surface area contributed by atoms with Gasteiger partial charge in [0.2, 0.25) is 0 Å². The lowest BCUT2D eigenvalue weighted by Crippen LogP contribution is -2.11. The summed E-state index contributed by atoms with van der Waals surface area (Å²) in [6, 6.07) is 10.5. The molecular formula is C16H31N. The first-order chi connectivity index (χ1) is 8.07. The predicted molar refractivity (Wildman–Crippen MR) is 80.7 cm³/mol. The van der Waals surface area contributed by atoms with Gasteiger partial charge < -0.3 is 4.90 Å². The molecule has 0 unspecified atom stereocenters. The monoisotopic (exact) mass is 237 g/mol. The molecule has 0 amide bonds. The zero-order valence-electron chi connectivity index (χ0n) is 12.8. The maximum atomic E-state index is 2.20. The van der Waals surface area contributed by atoms with Crippen LogP contribution in [0.4, 0.5) is 0 Å². The normalized spacial score (nSPS) is 9.24. The Morgan fingerprint density at radius 2 is 1.47 bits per heavy atom. The van der Waals surface area contributed by atoms with E-state index in [2.05, 4.69) is 64.0 Å². The second-order valence-electron chi connectivity index (χ2n) is 4.37. The van der Waals surface area contributed by atoms with E-state index in [-0.39, 0.29) is 0 Å². The van der Waals surface area contributed by atoms with Gasteiger partial charge >= 0.3 is 0 Å². The Kier molecular flexibility index (Phi) is 14.4. The van der Waals surface area contributed by atoms with Crippen LogP contribution in [0.5, 0.6) is 0 Å². The van der Waals surface area contributed by atoms with Gasteiger partial charge in [0.15, 0.2) is 0 Å². The average molecular weight is 237 g/mol. The third-order valence-corrected chi connectivity index (χ3v) is 2.14. The molecule has 1 aromatic rings. The van der Waals surface area contributed by atoms with Gasteiger partial charge in [-0.05, 0) is 38.5 Å². The van der Waals surface area contributed by atoms with Crippen molar-refractivity contribution in [1.29, 1.82) is 0 Å². The number of hydrogen-bond donors (Lipinski definition) is 0. The summed E-state index contributed by atoms with van der Waals surface area (Å²) >= 11 is 0. The Hall–Kier alpha value is -0.820. The first-order valence-corrected chi connectivity index (χ1v) is 6.77. The van der Waals surface area contributed by atoms with Crippen molar-refractivity contribution >= 4 is 0 Å². The van der Waals surface area contributed by atoms with Gasteiger partial charge in [0.05, 0.1) is 0 Å². The maximum Gasteiger partial charge on any atom is -0.00275 e. The van der Waals surface area contributed by atoms with E-state index >= 15 is 0 Å². The molecule has 0 aromatic heterocycles. The number of benzene rings is 1. The molecule has 1 aromatic carbocycles. The van der Waals surface area contributed by atoms with Crippen molar-refractivity contribution in [2.24, 2.45) is 0 Å². The van der Waals surface area contributed by atoms with Crippen LogP contribution in [0.2, 0.25) is 0 Å². The van der Waals surface area contributed by atoms with Crippen LogP contribution < -0.4 is 0 Å². The minimum Gasteiger partial charge on any atom is -0.309 e. The van der Waals surface area contributed by atoms with Crippen molar-refractivity contribution in [2.75, 3.05) is 20.6 Å². The van der Waals surface area contributed by atoms with Crippen LogP contribution in [0, 0.1) is 0 Å². The van der Waals surface area contributed by atoms with Crippen molar-refractivity contribution in [3.63, 3.8) is 0 Å². The van der Waals surface area contributed by atoms with E-state index in [1.54, 1.807) is 0 Å². The van der Waals surface area contributed by atoms with Gasteiger partial charge in [-0.3, -0.25) is 0 Å². The lowest BCUT2D eigenvalue weighted by atomic mass is 10.0. The van der Waals surface area contributed by atoms with Gasteiger partial charge in [-0.2, -0.15) is 0 Å². The van der Waals surface area contributed by atoms with Crippen LogP contribution in [-0.2, 0) is 0 Å². The summed E-state index contributed by atoms with van der Waals surface area (Å²) < 4.78 is 0. The summed E-state index contributed by atoms with van der Waals surface area (Å²) in [6.45, 7) is 11.8. The van der Waals surface area contributed by atoms with Crippen molar-refractivity contribution in [2.45, 2.75) is 47.0 Å². The third kappa shape index (κ3) is 13.1. The summed E-state index contributed by atoms with van der Waals surface area (Å²) in [5.74, 6) is 0.659. The summed E-state index contributed by atoms with van der Waals surface area (Å²) in [4.78, 5) is 2.18. The topological polar surface area (TPSA) is 3.24 Å². The molecule has 0 aliphatic carbocycles.